The Bertz CT molecular complexity index is 981. The smallest absolute Gasteiger partial charge is 0.263 e. The van der Waals surface area contributed by atoms with Gasteiger partial charge in [0.2, 0.25) is 10.0 Å². The average Bonchev–Trinajstić information content (AvgIpc) is 3.18. The van der Waals surface area contributed by atoms with Crippen molar-refractivity contribution in [3.63, 3.8) is 0 Å². The minimum absolute atomic E-state index is 0.0508. The van der Waals surface area contributed by atoms with Gasteiger partial charge in [-0.25, -0.2) is 8.42 Å². The molecule has 0 fully saturated rings. The maximum absolute atomic E-state index is 12.6. The van der Waals surface area contributed by atoms with Crippen LogP contribution in [0.1, 0.15) is 32.1 Å². The number of sulfonamides is 1. The fourth-order valence-corrected chi connectivity index (χ4v) is 4.76. The van der Waals surface area contributed by atoms with Crippen molar-refractivity contribution in [3.05, 3.63) is 47.9 Å². The number of anilines is 1. The molecule has 1 N–H and O–H groups in total. The third kappa shape index (κ3) is 5.51. The van der Waals surface area contributed by atoms with Crippen molar-refractivity contribution < 1.29 is 22.4 Å². The predicted molar refractivity (Wildman–Crippen MR) is 120 cm³/mol. The summed E-state index contributed by atoms with van der Waals surface area (Å²) in [7, 11) is -3.56. The van der Waals surface area contributed by atoms with Gasteiger partial charge in [-0.3, -0.25) is 9.10 Å². The van der Waals surface area contributed by atoms with E-state index in [4.69, 9.17) is 9.15 Å². The summed E-state index contributed by atoms with van der Waals surface area (Å²) in [5.74, 6) is 2.39. The van der Waals surface area contributed by atoms with E-state index in [2.05, 4.69) is 26.1 Å². The second-order valence-corrected chi connectivity index (χ2v) is 11.3. The molecule has 0 aliphatic carbocycles. The number of carbonyl (C=O) groups excluding carboxylic acids is 1. The molecule has 1 atom stereocenters. The quantitative estimate of drug-likeness (QED) is 0.649. The topological polar surface area (TPSA) is 88.9 Å². The molecule has 2 heterocycles. The van der Waals surface area contributed by atoms with Gasteiger partial charge in [0.05, 0.1) is 30.5 Å². The molecule has 0 saturated heterocycles. The van der Waals surface area contributed by atoms with Crippen LogP contribution < -0.4 is 14.4 Å². The Hall–Kier alpha value is -2.13. The molecule has 0 saturated carbocycles. The Balaban J connectivity index is 1.65. The van der Waals surface area contributed by atoms with Crippen LogP contribution in [0, 0.1) is 0 Å². The third-order valence-electron chi connectivity index (χ3n) is 4.76. The van der Waals surface area contributed by atoms with Crippen molar-refractivity contribution in [2.45, 2.75) is 38.0 Å². The van der Waals surface area contributed by atoms with Crippen molar-refractivity contribution in [3.8, 4) is 5.75 Å². The van der Waals surface area contributed by atoms with E-state index in [9.17, 15) is 13.2 Å². The lowest BCUT2D eigenvalue weighted by Crippen LogP contribution is -2.50. The van der Waals surface area contributed by atoms with Gasteiger partial charge >= 0.3 is 0 Å². The summed E-state index contributed by atoms with van der Waals surface area (Å²) >= 11 is 1.64. The molecule has 164 valence electrons. The van der Waals surface area contributed by atoms with E-state index in [0.717, 1.165) is 23.3 Å². The van der Waals surface area contributed by atoms with Crippen LogP contribution in [0.15, 0.2) is 41.0 Å². The average molecular weight is 453 g/mol. The predicted octanol–water partition coefficient (Wildman–Crippen LogP) is 3.15. The van der Waals surface area contributed by atoms with Crippen LogP contribution in [0.5, 0.6) is 5.75 Å². The highest BCUT2D eigenvalue weighted by atomic mass is 32.2. The highest BCUT2D eigenvalue weighted by molar-refractivity contribution is 7.98. The Morgan fingerprint density at radius 2 is 2.07 bits per heavy atom. The fourth-order valence-electron chi connectivity index (χ4n) is 3.10. The van der Waals surface area contributed by atoms with E-state index < -0.39 is 16.1 Å². The number of furan rings is 1. The standard InChI is InChI=1S/C21H28N2O5S2/c1-21(2,3)15-7-8-18-17(12-15)23(30(4,25)26)13-19(28-18)20(24)22-9-11-29-14-16-6-5-10-27-16/h5-8,10,12,19H,9,11,13-14H2,1-4H3,(H,22,24). The number of ether oxygens (including phenoxy) is 1. The third-order valence-corrected chi connectivity index (χ3v) is 6.89. The van der Waals surface area contributed by atoms with Gasteiger partial charge in [0.25, 0.3) is 5.91 Å². The number of nitrogens with one attached hydrogen (secondary N) is 1. The zero-order valence-corrected chi connectivity index (χ0v) is 19.3. The largest absolute Gasteiger partial charge is 0.476 e. The van der Waals surface area contributed by atoms with Crippen LogP contribution in [0.2, 0.25) is 0 Å². The highest BCUT2D eigenvalue weighted by Crippen LogP contribution is 2.38. The Kier molecular flexibility index (Phi) is 6.71. The molecule has 1 unspecified atom stereocenters. The van der Waals surface area contributed by atoms with Gasteiger partial charge in [-0.05, 0) is 35.2 Å². The first-order valence-electron chi connectivity index (χ1n) is 9.72. The minimum atomic E-state index is -3.56. The van der Waals surface area contributed by atoms with Gasteiger partial charge in [0.15, 0.2) is 6.10 Å². The fraction of sp³-hybridized carbons (Fsp3) is 0.476. The van der Waals surface area contributed by atoms with Crippen molar-refractivity contribution in [2.24, 2.45) is 0 Å². The van der Waals surface area contributed by atoms with E-state index in [1.165, 1.54) is 4.31 Å². The number of thioether (sulfide) groups is 1. The summed E-state index contributed by atoms with van der Waals surface area (Å²) in [6.07, 6.45) is 1.88. The number of nitrogens with zero attached hydrogens (tertiary/aromatic N) is 1. The van der Waals surface area contributed by atoms with Gasteiger partial charge in [0.1, 0.15) is 11.5 Å². The maximum Gasteiger partial charge on any atom is 0.263 e. The Labute approximate surface area is 182 Å². The molecule has 2 aromatic rings. The molecule has 3 rings (SSSR count). The van der Waals surface area contributed by atoms with Crippen molar-refractivity contribution in [1.29, 1.82) is 0 Å². The van der Waals surface area contributed by atoms with E-state index in [0.29, 0.717) is 23.7 Å². The lowest BCUT2D eigenvalue weighted by atomic mass is 9.86. The first kappa shape index (κ1) is 22.6. The number of carbonyl (C=O) groups is 1. The molecule has 1 aromatic carbocycles. The molecule has 0 radical (unpaired) electrons. The monoisotopic (exact) mass is 452 g/mol. The van der Waals surface area contributed by atoms with Gasteiger partial charge in [0, 0.05) is 12.3 Å². The number of hydrogen-bond donors (Lipinski definition) is 1. The Morgan fingerprint density at radius 1 is 1.30 bits per heavy atom. The zero-order chi connectivity index (χ0) is 21.9. The summed E-state index contributed by atoms with van der Waals surface area (Å²) in [5.41, 5.74) is 1.33. The lowest BCUT2D eigenvalue weighted by Gasteiger charge is -2.35. The van der Waals surface area contributed by atoms with E-state index in [1.54, 1.807) is 24.1 Å². The summed E-state index contributed by atoms with van der Waals surface area (Å²) in [6, 6.07) is 9.23. The number of fused-ring (bicyclic) bond motifs is 1. The highest BCUT2D eigenvalue weighted by Gasteiger charge is 2.35. The van der Waals surface area contributed by atoms with Crippen molar-refractivity contribution >= 4 is 33.4 Å². The van der Waals surface area contributed by atoms with Crippen LogP contribution in [0.25, 0.3) is 0 Å². The zero-order valence-electron chi connectivity index (χ0n) is 17.7. The number of hydrogen-bond acceptors (Lipinski definition) is 6. The molecule has 0 spiro atoms. The first-order valence-corrected chi connectivity index (χ1v) is 12.7. The molecule has 7 nitrogen and oxygen atoms in total. The second-order valence-electron chi connectivity index (χ2n) is 8.26. The summed E-state index contributed by atoms with van der Waals surface area (Å²) in [5, 5.41) is 2.83. The number of rotatable bonds is 7. The van der Waals surface area contributed by atoms with Gasteiger partial charge in [-0.15, -0.1) is 0 Å². The van der Waals surface area contributed by atoms with Crippen LogP contribution >= 0.6 is 11.8 Å². The molecule has 1 amide bonds. The SMILES string of the molecule is CC(C)(C)c1ccc2c(c1)N(S(C)(=O)=O)CC(C(=O)NCCSCc1ccco1)O2. The van der Waals surface area contributed by atoms with E-state index in [-0.39, 0.29) is 17.9 Å². The molecule has 30 heavy (non-hydrogen) atoms. The van der Waals surface area contributed by atoms with Gasteiger partial charge in [-0.1, -0.05) is 26.8 Å². The van der Waals surface area contributed by atoms with E-state index >= 15 is 0 Å². The summed E-state index contributed by atoms with van der Waals surface area (Å²) in [6.45, 7) is 6.58. The second kappa shape index (κ2) is 8.93. The number of amides is 1. The molecule has 9 heteroatoms. The molecule has 0 bridgehead atoms. The minimum Gasteiger partial charge on any atom is -0.476 e. The molecular formula is C21H28N2O5S2. The van der Waals surface area contributed by atoms with Gasteiger partial charge in [-0.2, -0.15) is 11.8 Å². The first-order chi connectivity index (χ1) is 14.1. The van der Waals surface area contributed by atoms with Crippen LogP contribution in [-0.2, 0) is 26.0 Å². The van der Waals surface area contributed by atoms with Crippen LogP contribution in [-0.4, -0.2) is 45.5 Å². The van der Waals surface area contributed by atoms with Crippen LogP contribution in [0.4, 0.5) is 5.69 Å². The molecule has 1 aliphatic rings. The summed E-state index contributed by atoms with van der Waals surface area (Å²) in [4.78, 5) is 12.6. The lowest BCUT2D eigenvalue weighted by molar-refractivity contribution is -0.127. The maximum atomic E-state index is 12.6. The molecule has 1 aromatic heterocycles. The molecule has 1 aliphatic heterocycles. The number of benzene rings is 1. The van der Waals surface area contributed by atoms with Crippen molar-refractivity contribution in [1.82, 2.24) is 5.32 Å². The Morgan fingerprint density at radius 3 is 2.70 bits per heavy atom. The van der Waals surface area contributed by atoms with Gasteiger partial charge < -0.3 is 14.5 Å². The normalized spacial score (nSPS) is 16.7. The molecular weight excluding hydrogens is 424 g/mol. The van der Waals surface area contributed by atoms with E-state index in [1.807, 2.05) is 24.3 Å². The van der Waals surface area contributed by atoms with Crippen molar-refractivity contribution in [2.75, 3.05) is 29.4 Å². The summed E-state index contributed by atoms with van der Waals surface area (Å²) < 4.78 is 37.2. The van der Waals surface area contributed by atoms with Crippen LogP contribution in [0.3, 0.4) is 0 Å².